The first-order valence-corrected chi connectivity index (χ1v) is 26.8. The average molecular weight is 1230 g/mol. The molecule has 21 atom stereocenters. The van der Waals surface area contributed by atoms with Crippen LogP contribution in [-0.2, 0) is 47.5 Å². The molecular formula is C57H64O30. The fraction of sp³-hybridized carbons (Fsp3) is 0.439. The molecule has 1 unspecified atom stereocenters. The fourth-order valence-electron chi connectivity index (χ4n) is 9.60. The second kappa shape index (κ2) is 27.3. The number of phenols is 5. The zero-order valence-electron chi connectivity index (χ0n) is 45.5. The van der Waals surface area contributed by atoms with E-state index in [-0.39, 0.29) is 34.1 Å². The number of fused-ring (bicyclic) bond motifs is 1. The minimum atomic E-state index is -2.11. The lowest BCUT2D eigenvalue weighted by atomic mass is 9.98. The minimum Gasteiger partial charge on any atom is -0.508 e. The Bertz CT molecular complexity index is 3120. The van der Waals surface area contributed by atoms with Gasteiger partial charge in [0, 0.05) is 29.8 Å². The van der Waals surface area contributed by atoms with Crippen LogP contribution in [0, 0.1) is 0 Å². The van der Waals surface area contributed by atoms with E-state index in [0.717, 1.165) is 42.5 Å². The molecule has 5 heterocycles. The van der Waals surface area contributed by atoms with Crippen molar-refractivity contribution in [3.63, 3.8) is 0 Å². The number of aromatic hydroxyl groups is 5. The summed E-state index contributed by atoms with van der Waals surface area (Å²) in [6, 6.07) is 15.6. The standard InChI is InChI=1S/C57H64O30/c1-22-40(64)45(69)49(73)54(80-22)79-21-37-44(68)48(72)52(76)57(87-37)84-34-18-29-30(60)16-28(81-55-50(74)46(70)42(66)35(85-55)19-77-38(62)12-6-23-2-8-26(58)9-3-23)17-32(29)82-53(34)25-14-31(61)41(65)33(15-25)83-56-51(75)47(71)43(67)36(86-56)20-78-39(63)13-7-24-4-10-27(59)11-5-24/h2-18,22,35-37,40,42-61,64-76H,19-21H2,1H3/b12-6+,13-7+/t22-,35-,36+,37-,40-,42+,43+,44+,45+,46-,47-,48-,49-,50+,51-,52+,53?,54+,55+,56+,57+/m0/s1. The molecule has 17 N–H and O–H groups in total. The quantitative estimate of drug-likeness (QED) is 0.0273. The topological polar surface area (TPSA) is 480 Å². The first-order chi connectivity index (χ1) is 41.3. The predicted octanol–water partition coefficient (Wildman–Crippen LogP) is -2.76. The molecule has 0 saturated carbocycles. The van der Waals surface area contributed by atoms with Crippen molar-refractivity contribution in [3.8, 4) is 46.0 Å². The third-order valence-corrected chi connectivity index (χ3v) is 14.6. The molecule has 472 valence electrons. The Morgan fingerprint density at radius 1 is 0.483 bits per heavy atom. The number of hydrogen-bond donors (Lipinski definition) is 17. The zero-order chi connectivity index (χ0) is 62.7. The molecule has 0 spiro atoms. The number of rotatable bonds is 18. The van der Waals surface area contributed by atoms with E-state index in [1.54, 1.807) is 0 Å². The number of carbonyl (C=O) groups is 2. The highest BCUT2D eigenvalue weighted by Gasteiger charge is 2.50. The van der Waals surface area contributed by atoms with Crippen LogP contribution in [0.2, 0.25) is 0 Å². The lowest BCUT2D eigenvalue weighted by Crippen LogP contribution is -2.61. The zero-order valence-corrected chi connectivity index (χ0v) is 45.5. The summed E-state index contributed by atoms with van der Waals surface area (Å²) in [5.41, 5.74) is 0.544. The third kappa shape index (κ3) is 14.6. The maximum absolute atomic E-state index is 12.6. The summed E-state index contributed by atoms with van der Waals surface area (Å²) in [5.74, 6) is -6.37. The molecule has 5 aliphatic rings. The van der Waals surface area contributed by atoms with Gasteiger partial charge in [-0.25, -0.2) is 9.59 Å². The number of phenolic OH excluding ortho intramolecular Hbond substituents is 5. The molecule has 0 amide bonds. The van der Waals surface area contributed by atoms with Crippen molar-refractivity contribution in [2.24, 2.45) is 0 Å². The number of ether oxygens (including phenoxy) is 11. The maximum Gasteiger partial charge on any atom is 0.330 e. The van der Waals surface area contributed by atoms with Crippen LogP contribution < -0.4 is 14.2 Å². The summed E-state index contributed by atoms with van der Waals surface area (Å²) >= 11 is 0. The van der Waals surface area contributed by atoms with Gasteiger partial charge in [-0.15, -0.1) is 0 Å². The van der Waals surface area contributed by atoms with E-state index >= 15 is 0 Å². The Kier molecular flexibility index (Phi) is 20.1. The SMILES string of the molecule is C[C@@H]1O[C@@H](OC[C@@H]2O[C@@H](OC3=Cc4c(O)cc(O[C@@H]5O[C@@H](COC(=O)/C=C/c6ccc(O)cc6)[C@@H](O)[C@H](O)[C@H]5O)cc4OC3c3cc(O)c(O)c(O[C@@H]4O[C@H](COC(=O)/C=C/c5ccc(O)cc5)[C@@H](O)[C@H](O)[C@@H]4O)c3)[C@H](O)[C@@H](O)[C@@H]2O)[C@@H](O)[C@H](O)[C@H]1O. The van der Waals surface area contributed by atoms with Crippen molar-refractivity contribution in [3.05, 3.63) is 113 Å². The van der Waals surface area contributed by atoms with Crippen molar-refractivity contribution in [2.45, 2.75) is 136 Å². The van der Waals surface area contributed by atoms with Gasteiger partial charge < -0.3 is 139 Å². The molecule has 87 heavy (non-hydrogen) atoms. The second-order valence-electron chi connectivity index (χ2n) is 20.8. The summed E-state index contributed by atoms with van der Waals surface area (Å²) < 4.78 is 62.9. The Hall–Kier alpha value is -7.44. The van der Waals surface area contributed by atoms with Crippen LogP contribution in [0.4, 0.5) is 0 Å². The van der Waals surface area contributed by atoms with Crippen molar-refractivity contribution in [2.75, 3.05) is 19.8 Å². The first kappa shape index (κ1) is 64.0. The van der Waals surface area contributed by atoms with Crippen LogP contribution in [0.25, 0.3) is 18.2 Å². The van der Waals surface area contributed by atoms with Crippen LogP contribution in [0.5, 0.6) is 46.0 Å². The van der Waals surface area contributed by atoms with Crippen LogP contribution in [0.1, 0.15) is 35.3 Å². The molecule has 4 fully saturated rings. The van der Waals surface area contributed by atoms with Gasteiger partial charge in [0.15, 0.2) is 23.9 Å². The van der Waals surface area contributed by atoms with Crippen LogP contribution in [0.15, 0.2) is 90.7 Å². The molecule has 5 aliphatic heterocycles. The van der Waals surface area contributed by atoms with Crippen LogP contribution in [0.3, 0.4) is 0 Å². The highest BCUT2D eigenvalue weighted by molar-refractivity contribution is 5.87. The van der Waals surface area contributed by atoms with Gasteiger partial charge in [-0.2, -0.15) is 0 Å². The van der Waals surface area contributed by atoms with E-state index in [9.17, 15) is 96.4 Å². The van der Waals surface area contributed by atoms with E-state index in [4.69, 9.17) is 52.1 Å². The van der Waals surface area contributed by atoms with Gasteiger partial charge >= 0.3 is 11.9 Å². The molecular weight excluding hydrogens is 1160 g/mol. The van der Waals surface area contributed by atoms with Crippen molar-refractivity contribution >= 4 is 30.2 Å². The molecule has 4 aromatic carbocycles. The van der Waals surface area contributed by atoms with E-state index in [0.29, 0.717) is 11.1 Å². The van der Waals surface area contributed by atoms with E-state index in [1.165, 1.54) is 67.6 Å². The summed E-state index contributed by atoms with van der Waals surface area (Å²) in [6.07, 6.45) is -32.0. The molecule has 30 nitrogen and oxygen atoms in total. The smallest absolute Gasteiger partial charge is 0.330 e. The average Bonchev–Trinajstić information content (AvgIpc) is 1.05. The number of aliphatic hydroxyl groups excluding tert-OH is 12. The molecule has 0 bridgehead atoms. The number of aliphatic hydroxyl groups is 12. The lowest BCUT2D eigenvalue weighted by molar-refractivity contribution is -0.324. The number of carbonyl (C=O) groups excluding carboxylic acids is 2. The van der Waals surface area contributed by atoms with Gasteiger partial charge in [0.1, 0.15) is 139 Å². The summed E-state index contributed by atoms with van der Waals surface area (Å²) in [7, 11) is 0. The van der Waals surface area contributed by atoms with E-state index in [1.807, 2.05) is 0 Å². The largest absolute Gasteiger partial charge is 0.508 e. The lowest BCUT2D eigenvalue weighted by Gasteiger charge is -2.43. The summed E-state index contributed by atoms with van der Waals surface area (Å²) in [5, 5.41) is 183. The van der Waals surface area contributed by atoms with E-state index in [2.05, 4.69) is 0 Å². The number of hydrogen-bond acceptors (Lipinski definition) is 30. The monoisotopic (exact) mass is 1230 g/mol. The van der Waals surface area contributed by atoms with Gasteiger partial charge in [-0.05, 0) is 72.7 Å². The van der Waals surface area contributed by atoms with E-state index < -0.39 is 189 Å². The van der Waals surface area contributed by atoms with Gasteiger partial charge in [-0.3, -0.25) is 0 Å². The predicted molar refractivity (Wildman–Crippen MR) is 286 cm³/mol. The highest BCUT2D eigenvalue weighted by atomic mass is 16.7. The van der Waals surface area contributed by atoms with Gasteiger partial charge in [0.05, 0.1) is 18.3 Å². The summed E-state index contributed by atoms with van der Waals surface area (Å²) in [4.78, 5) is 25.2. The molecule has 4 saturated heterocycles. The molecule has 9 rings (SSSR count). The van der Waals surface area contributed by atoms with Crippen molar-refractivity contribution in [1.29, 1.82) is 0 Å². The molecule has 4 aromatic rings. The molecule has 0 aliphatic carbocycles. The molecule has 0 radical (unpaired) electrons. The normalized spacial score (nSPS) is 34.3. The van der Waals surface area contributed by atoms with Gasteiger partial charge in [0.25, 0.3) is 0 Å². The highest BCUT2D eigenvalue weighted by Crippen LogP contribution is 2.48. The van der Waals surface area contributed by atoms with Crippen molar-refractivity contribution in [1.82, 2.24) is 0 Å². The third-order valence-electron chi connectivity index (χ3n) is 14.6. The van der Waals surface area contributed by atoms with Crippen LogP contribution in [-0.4, -0.2) is 241 Å². The Morgan fingerprint density at radius 3 is 1.46 bits per heavy atom. The van der Waals surface area contributed by atoms with Crippen LogP contribution >= 0.6 is 0 Å². The maximum atomic E-state index is 12.6. The Morgan fingerprint density at radius 2 is 0.943 bits per heavy atom. The summed E-state index contributed by atoms with van der Waals surface area (Å²) in [6.45, 7) is -0.749. The minimum absolute atomic E-state index is 0.00844. The van der Waals surface area contributed by atoms with Gasteiger partial charge in [0.2, 0.25) is 24.6 Å². The Balaban J connectivity index is 0.978. The molecule has 30 heteroatoms. The number of esters is 2. The number of benzene rings is 4. The van der Waals surface area contributed by atoms with Crippen molar-refractivity contribution < 1.29 is 149 Å². The first-order valence-electron chi connectivity index (χ1n) is 26.8. The Labute approximate surface area is 492 Å². The fourth-order valence-corrected chi connectivity index (χ4v) is 9.60. The molecule has 0 aromatic heterocycles. The van der Waals surface area contributed by atoms with Gasteiger partial charge in [-0.1, -0.05) is 24.3 Å². The second-order valence-corrected chi connectivity index (χ2v) is 20.8.